The van der Waals surface area contributed by atoms with Gasteiger partial charge in [-0.3, -0.25) is 9.36 Å². The highest BCUT2D eigenvalue weighted by molar-refractivity contribution is 7.22. The molecule has 1 aliphatic carbocycles. The Balaban J connectivity index is 1.74. The number of aliphatic carboxylic acids is 1. The van der Waals surface area contributed by atoms with Crippen LogP contribution in [0.3, 0.4) is 0 Å². The number of carbonyl (C=O) groups is 1. The quantitative estimate of drug-likeness (QED) is 0.298. The Labute approximate surface area is 239 Å². The van der Waals surface area contributed by atoms with Crippen molar-refractivity contribution in [1.29, 1.82) is 0 Å². The van der Waals surface area contributed by atoms with E-state index in [0.29, 0.717) is 58.2 Å². The summed E-state index contributed by atoms with van der Waals surface area (Å²) >= 11 is 1.18. The van der Waals surface area contributed by atoms with Gasteiger partial charge >= 0.3 is 11.7 Å². The summed E-state index contributed by atoms with van der Waals surface area (Å²) in [4.78, 5) is 45.4. The number of nitrogens with zero attached hydrogens (tertiary/aromatic N) is 3. The smallest absolute Gasteiger partial charge is 0.333 e. The molecule has 1 atom stereocenters. The third kappa shape index (κ3) is 5.22. The average Bonchev–Trinajstić information content (AvgIpc) is 3.59. The predicted octanol–water partition coefficient (Wildman–Crippen LogP) is 4.08. The Morgan fingerprint density at radius 1 is 1.22 bits per heavy atom. The molecule has 12 heteroatoms. The van der Waals surface area contributed by atoms with E-state index in [0.717, 1.165) is 4.57 Å². The molecule has 1 aliphatic rings. The van der Waals surface area contributed by atoms with Gasteiger partial charge in [0.1, 0.15) is 28.5 Å². The molecule has 1 fully saturated rings. The van der Waals surface area contributed by atoms with E-state index in [-0.39, 0.29) is 24.1 Å². The van der Waals surface area contributed by atoms with E-state index < -0.39 is 28.9 Å². The van der Waals surface area contributed by atoms with E-state index in [9.17, 15) is 24.6 Å². The summed E-state index contributed by atoms with van der Waals surface area (Å²) in [7, 11) is 1.55. The molecule has 0 spiro atoms. The second-order valence-electron chi connectivity index (χ2n) is 10.8. The lowest BCUT2D eigenvalue weighted by Crippen LogP contribution is -2.52. The molecule has 3 aromatic heterocycles. The lowest BCUT2D eigenvalue weighted by Gasteiger charge is -2.31. The van der Waals surface area contributed by atoms with Crippen LogP contribution in [0.2, 0.25) is 0 Å². The van der Waals surface area contributed by atoms with Crippen molar-refractivity contribution < 1.29 is 28.9 Å². The number of carboxylic acid groups (broad SMARTS) is 1. The molecule has 1 saturated carbocycles. The third-order valence-electron chi connectivity index (χ3n) is 7.76. The monoisotopic (exact) mass is 583 g/mol. The molecular formula is C29H33N3O8S. The van der Waals surface area contributed by atoms with Gasteiger partial charge in [0.25, 0.3) is 5.56 Å². The molecule has 41 heavy (non-hydrogen) atoms. The maximum absolute atomic E-state index is 14.1. The predicted molar refractivity (Wildman–Crippen MR) is 153 cm³/mol. The minimum atomic E-state index is -1.83. The standard InChI is InChI=1S/C29H33N3O8S/c1-16-22-25(34)32(29(2,3)27(35)36)28(37)31(26(22)41-23(16)24-30-13-14-39-24)15-21(19-7-5-6-8-20(19)38-4)40-18-11-9-17(33)10-12-18/h5-8,13-14,17-18,21,33H,9-12,15H2,1-4H3,(H,35,36)/t17-,18+,21-/m0/s1. The zero-order valence-electron chi connectivity index (χ0n) is 23.3. The van der Waals surface area contributed by atoms with Crippen molar-refractivity contribution in [2.45, 2.75) is 76.9 Å². The SMILES string of the molecule is COc1ccccc1[C@H](Cn1c(=O)n(C(C)(C)C(=O)O)c(=O)c2c(C)c(-c3ncco3)sc21)O[C@H]1CC[C@@H](O)CC1. The molecule has 11 nitrogen and oxygen atoms in total. The summed E-state index contributed by atoms with van der Waals surface area (Å²) < 4.78 is 20.0. The van der Waals surface area contributed by atoms with Crippen LogP contribution in [0.25, 0.3) is 21.0 Å². The van der Waals surface area contributed by atoms with Crippen molar-refractivity contribution in [3.63, 3.8) is 0 Å². The van der Waals surface area contributed by atoms with E-state index in [1.54, 1.807) is 20.1 Å². The van der Waals surface area contributed by atoms with Crippen LogP contribution in [-0.2, 0) is 21.6 Å². The molecule has 0 saturated heterocycles. The summed E-state index contributed by atoms with van der Waals surface area (Å²) in [6.45, 7) is 4.36. The maximum atomic E-state index is 14.1. The third-order valence-corrected chi connectivity index (χ3v) is 9.06. The van der Waals surface area contributed by atoms with Crippen LogP contribution in [0.5, 0.6) is 5.75 Å². The number of aliphatic hydroxyl groups excluding tert-OH is 1. The fourth-order valence-corrected chi connectivity index (χ4v) is 6.60. The molecule has 1 aromatic carbocycles. The number of aliphatic hydroxyl groups is 1. The lowest BCUT2D eigenvalue weighted by atomic mass is 9.94. The number of benzene rings is 1. The molecular weight excluding hydrogens is 550 g/mol. The number of para-hydroxylation sites is 1. The highest BCUT2D eigenvalue weighted by Gasteiger charge is 2.36. The van der Waals surface area contributed by atoms with Crippen LogP contribution in [0.4, 0.5) is 0 Å². The molecule has 5 rings (SSSR count). The normalized spacial score (nSPS) is 18.5. The van der Waals surface area contributed by atoms with Gasteiger partial charge in [-0.05, 0) is 58.1 Å². The number of methoxy groups -OCH3 is 1. The Morgan fingerprint density at radius 2 is 1.93 bits per heavy atom. The van der Waals surface area contributed by atoms with Crippen LogP contribution in [-0.4, -0.2) is 49.6 Å². The molecule has 0 bridgehead atoms. The number of hydrogen-bond donors (Lipinski definition) is 2. The Bertz CT molecular complexity index is 1680. The van der Waals surface area contributed by atoms with E-state index in [1.807, 2.05) is 18.2 Å². The lowest BCUT2D eigenvalue weighted by molar-refractivity contribution is -0.146. The van der Waals surface area contributed by atoms with Crippen LogP contribution in [0, 0.1) is 6.92 Å². The molecule has 0 radical (unpaired) electrons. The fraction of sp³-hybridized carbons (Fsp3) is 0.448. The first-order valence-electron chi connectivity index (χ1n) is 13.4. The minimum absolute atomic E-state index is 0.0181. The summed E-state index contributed by atoms with van der Waals surface area (Å²) in [6.07, 6.45) is 4.20. The van der Waals surface area contributed by atoms with E-state index in [4.69, 9.17) is 13.9 Å². The number of oxazole rings is 1. The molecule has 0 amide bonds. The zero-order valence-corrected chi connectivity index (χ0v) is 24.1. The summed E-state index contributed by atoms with van der Waals surface area (Å²) in [5.74, 6) is -0.453. The zero-order chi connectivity index (χ0) is 29.5. The van der Waals surface area contributed by atoms with Gasteiger partial charge in [-0.2, -0.15) is 0 Å². The van der Waals surface area contributed by atoms with E-state index in [1.165, 1.54) is 42.2 Å². The maximum Gasteiger partial charge on any atom is 0.333 e. The van der Waals surface area contributed by atoms with Gasteiger partial charge in [0.2, 0.25) is 5.89 Å². The van der Waals surface area contributed by atoms with Crippen molar-refractivity contribution in [2.75, 3.05) is 7.11 Å². The molecule has 218 valence electrons. The number of aryl methyl sites for hydroxylation is 1. The summed E-state index contributed by atoms with van der Waals surface area (Å²) in [6, 6.07) is 7.35. The van der Waals surface area contributed by atoms with Crippen LogP contribution >= 0.6 is 11.3 Å². The molecule has 3 heterocycles. The van der Waals surface area contributed by atoms with Gasteiger partial charge in [-0.15, -0.1) is 11.3 Å². The van der Waals surface area contributed by atoms with Gasteiger partial charge in [-0.25, -0.2) is 19.1 Å². The highest BCUT2D eigenvalue weighted by atomic mass is 32.1. The highest BCUT2D eigenvalue weighted by Crippen LogP contribution is 2.38. The average molecular weight is 584 g/mol. The van der Waals surface area contributed by atoms with Gasteiger partial charge in [0.05, 0.1) is 42.3 Å². The Hall–Kier alpha value is -3.74. The first-order valence-corrected chi connectivity index (χ1v) is 14.2. The number of aromatic nitrogens is 3. The fourth-order valence-electron chi connectivity index (χ4n) is 5.36. The van der Waals surface area contributed by atoms with Crippen molar-refractivity contribution in [3.05, 3.63) is 68.7 Å². The molecule has 2 N–H and O–H groups in total. The van der Waals surface area contributed by atoms with Gasteiger partial charge in [0, 0.05) is 5.56 Å². The Morgan fingerprint density at radius 3 is 2.56 bits per heavy atom. The first kappa shape index (κ1) is 28.8. The van der Waals surface area contributed by atoms with Crippen molar-refractivity contribution in [2.24, 2.45) is 0 Å². The van der Waals surface area contributed by atoms with Crippen molar-refractivity contribution in [3.8, 4) is 16.5 Å². The number of thiophene rings is 1. The van der Waals surface area contributed by atoms with Crippen molar-refractivity contribution >= 4 is 27.5 Å². The largest absolute Gasteiger partial charge is 0.496 e. The molecule has 4 aromatic rings. The molecule has 0 unspecified atom stereocenters. The number of carboxylic acids is 1. The topological polar surface area (TPSA) is 146 Å². The van der Waals surface area contributed by atoms with Crippen molar-refractivity contribution in [1.82, 2.24) is 14.1 Å². The Kier molecular flexibility index (Phi) is 7.91. The van der Waals surface area contributed by atoms with Crippen LogP contribution in [0.1, 0.15) is 56.8 Å². The number of hydrogen-bond acceptors (Lipinski definition) is 9. The van der Waals surface area contributed by atoms with Crippen LogP contribution in [0.15, 0.2) is 50.7 Å². The molecule has 0 aliphatic heterocycles. The first-order chi connectivity index (χ1) is 19.5. The van der Waals surface area contributed by atoms with E-state index in [2.05, 4.69) is 4.98 Å². The summed E-state index contributed by atoms with van der Waals surface area (Å²) in [5.41, 5.74) is -2.05. The van der Waals surface area contributed by atoms with E-state index >= 15 is 0 Å². The second kappa shape index (κ2) is 11.3. The second-order valence-corrected chi connectivity index (χ2v) is 11.8. The number of rotatable bonds is 9. The number of fused-ring (bicyclic) bond motifs is 1. The van der Waals surface area contributed by atoms with Crippen LogP contribution < -0.4 is 16.0 Å². The number of ether oxygens (including phenoxy) is 2. The van der Waals surface area contributed by atoms with Gasteiger partial charge in [0.15, 0.2) is 0 Å². The minimum Gasteiger partial charge on any atom is -0.496 e. The van der Waals surface area contributed by atoms with Gasteiger partial charge in [-0.1, -0.05) is 18.2 Å². The summed E-state index contributed by atoms with van der Waals surface area (Å²) in [5, 5.41) is 20.2. The van der Waals surface area contributed by atoms with Gasteiger partial charge < -0.3 is 24.1 Å².